The Labute approximate surface area is 128 Å². The van der Waals surface area contributed by atoms with Crippen LogP contribution in [0.15, 0.2) is 18.2 Å². The molecule has 1 aliphatic rings. The lowest BCUT2D eigenvalue weighted by Crippen LogP contribution is -2.21. The average Bonchev–Trinajstić information content (AvgIpc) is 2.41. The topological polar surface area (TPSA) is 20.2 Å². The van der Waals surface area contributed by atoms with Crippen molar-refractivity contribution in [1.29, 1.82) is 0 Å². The van der Waals surface area contributed by atoms with Crippen LogP contribution in [0.2, 0.25) is 5.02 Å². The standard InChI is InChI=1S/C15H20ClIO/c1-2-10-4-3-5-11(8-10)15(18)12-6-7-14(17)13(16)9-12/h6-7,9-11,15,18H,2-5,8H2,1H3. The Morgan fingerprint density at radius 3 is 2.89 bits per heavy atom. The van der Waals surface area contributed by atoms with Crippen LogP contribution >= 0.6 is 34.2 Å². The van der Waals surface area contributed by atoms with E-state index in [1.165, 1.54) is 19.3 Å². The van der Waals surface area contributed by atoms with E-state index in [-0.39, 0.29) is 6.10 Å². The van der Waals surface area contributed by atoms with E-state index in [0.717, 1.165) is 32.9 Å². The molecule has 3 heteroatoms. The summed E-state index contributed by atoms with van der Waals surface area (Å²) < 4.78 is 1.04. The van der Waals surface area contributed by atoms with Gasteiger partial charge in [0.2, 0.25) is 0 Å². The maximum Gasteiger partial charge on any atom is 0.0818 e. The van der Waals surface area contributed by atoms with Crippen LogP contribution in [0.25, 0.3) is 0 Å². The third kappa shape index (κ3) is 3.40. The number of aliphatic hydroxyl groups is 1. The first-order chi connectivity index (χ1) is 8.61. The summed E-state index contributed by atoms with van der Waals surface area (Å²) in [5.74, 6) is 1.19. The van der Waals surface area contributed by atoms with E-state index in [0.29, 0.717) is 5.92 Å². The summed E-state index contributed by atoms with van der Waals surface area (Å²) >= 11 is 8.35. The molecule has 1 aromatic rings. The molecular formula is C15H20ClIO. The van der Waals surface area contributed by atoms with Crippen molar-refractivity contribution in [2.45, 2.75) is 45.1 Å². The predicted octanol–water partition coefficient (Wildman–Crippen LogP) is 5.19. The van der Waals surface area contributed by atoms with Gasteiger partial charge in [-0.3, -0.25) is 0 Å². The second-order valence-corrected chi connectivity index (χ2v) is 6.89. The molecule has 0 heterocycles. The second kappa shape index (κ2) is 6.58. The van der Waals surface area contributed by atoms with Gasteiger partial charge in [0.25, 0.3) is 0 Å². The first kappa shape index (κ1) is 14.6. The normalized spacial score (nSPS) is 26.0. The number of halogens is 2. The van der Waals surface area contributed by atoms with Gasteiger partial charge in [0.1, 0.15) is 0 Å². The molecule has 1 nitrogen and oxygen atoms in total. The smallest absolute Gasteiger partial charge is 0.0818 e. The molecule has 3 atom stereocenters. The SMILES string of the molecule is CCC1CCCC(C(O)c2ccc(I)c(Cl)c2)C1. The van der Waals surface area contributed by atoms with Crippen LogP contribution < -0.4 is 0 Å². The summed E-state index contributed by atoms with van der Waals surface area (Å²) in [5.41, 5.74) is 0.974. The molecular weight excluding hydrogens is 359 g/mol. The van der Waals surface area contributed by atoms with E-state index in [1.54, 1.807) is 0 Å². The van der Waals surface area contributed by atoms with Crippen LogP contribution in [-0.4, -0.2) is 5.11 Å². The zero-order valence-electron chi connectivity index (χ0n) is 10.7. The highest BCUT2D eigenvalue weighted by atomic mass is 127. The third-order valence-corrected chi connectivity index (χ3v) is 5.70. The largest absolute Gasteiger partial charge is 0.388 e. The Morgan fingerprint density at radius 2 is 2.22 bits per heavy atom. The molecule has 0 spiro atoms. The number of benzene rings is 1. The molecule has 0 saturated heterocycles. The van der Waals surface area contributed by atoms with Crippen LogP contribution in [0.1, 0.15) is 50.7 Å². The Kier molecular flexibility index (Phi) is 5.34. The van der Waals surface area contributed by atoms with E-state index in [1.807, 2.05) is 18.2 Å². The number of hydrogen-bond acceptors (Lipinski definition) is 1. The van der Waals surface area contributed by atoms with Crippen molar-refractivity contribution in [3.05, 3.63) is 32.4 Å². The van der Waals surface area contributed by atoms with E-state index in [4.69, 9.17) is 11.6 Å². The van der Waals surface area contributed by atoms with Gasteiger partial charge in [-0.25, -0.2) is 0 Å². The van der Waals surface area contributed by atoms with Gasteiger partial charge in [-0.1, -0.05) is 43.9 Å². The molecule has 3 unspecified atom stereocenters. The van der Waals surface area contributed by atoms with Gasteiger partial charge in [-0.05, 0) is 65.0 Å². The summed E-state index contributed by atoms with van der Waals surface area (Å²) in [7, 11) is 0. The zero-order valence-corrected chi connectivity index (χ0v) is 13.6. The Balaban J connectivity index is 2.10. The summed E-state index contributed by atoms with van der Waals surface area (Å²) in [6, 6.07) is 5.92. The van der Waals surface area contributed by atoms with Crippen LogP contribution in [0, 0.1) is 15.4 Å². The highest BCUT2D eigenvalue weighted by Gasteiger charge is 2.27. The minimum Gasteiger partial charge on any atom is -0.388 e. The van der Waals surface area contributed by atoms with Crippen LogP contribution in [0.5, 0.6) is 0 Å². The van der Waals surface area contributed by atoms with E-state index >= 15 is 0 Å². The molecule has 1 N–H and O–H groups in total. The third-order valence-electron chi connectivity index (χ3n) is 4.13. The Hall–Kier alpha value is 0.200. The number of rotatable bonds is 3. The van der Waals surface area contributed by atoms with Crippen molar-refractivity contribution in [3.63, 3.8) is 0 Å². The Bertz CT molecular complexity index is 407. The lowest BCUT2D eigenvalue weighted by atomic mass is 9.76. The maximum absolute atomic E-state index is 10.5. The average molecular weight is 379 g/mol. The fourth-order valence-electron chi connectivity index (χ4n) is 2.96. The first-order valence-corrected chi connectivity index (χ1v) is 8.20. The van der Waals surface area contributed by atoms with Gasteiger partial charge in [0, 0.05) is 3.57 Å². The first-order valence-electron chi connectivity index (χ1n) is 6.74. The van der Waals surface area contributed by atoms with E-state index < -0.39 is 0 Å². The molecule has 1 aromatic carbocycles. The van der Waals surface area contributed by atoms with Crippen molar-refractivity contribution in [2.75, 3.05) is 0 Å². The van der Waals surface area contributed by atoms with Gasteiger partial charge >= 0.3 is 0 Å². The molecule has 1 saturated carbocycles. The fraction of sp³-hybridized carbons (Fsp3) is 0.600. The minimum absolute atomic E-state index is 0.353. The van der Waals surface area contributed by atoms with Crippen LogP contribution in [-0.2, 0) is 0 Å². The predicted molar refractivity (Wildman–Crippen MR) is 84.9 cm³/mol. The zero-order chi connectivity index (χ0) is 13.1. The van der Waals surface area contributed by atoms with Crippen LogP contribution in [0.4, 0.5) is 0 Å². The molecule has 0 amide bonds. The molecule has 0 aromatic heterocycles. The van der Waals surface area contributed by atoms with Gasteiger partial charge in [0.05, 0.1) is 11.1 Å². The maximum atomic E-state index is 10.5. The van der Waals surface area contributed by atoms with E-state index in [2.05, 4.69) is 29.5 Å². The molecule has 100 valence electrons. The van der Waals surface area contributed by atoms with Crippen molar-refractivity contribution in [1.82, 2.24) is 0 Å². The minimum atomic E-state index is -0.353. The summed E-state index contributed by atoms with van der Waals surface area (Å²) in [6.45, 7) is 2.25. The number of hydrogen-bond donors (Lipinski definition) is 1. The molecule has 0 aliphatic heterocycles. The highest BCUT2D eigenvalue weighted by molar-refractivity contribution is 14.1. The monoisotopic (exact) mass is 378 g/mol. The molecule has 0 bridgehead atoms. The molecule has 1 aliphatic carbocycles. The summed E-state index contributed by atoms with van der Waals surface area (Å²) in [5, 5.41) is 11.3. The number of aliphatic hydroxyl groups excluding tert-OH is 1. The van der Waals surface area contributed by atoms with Gasteiger partial charge in [0.15, 0.2) is 0 Å². The molecule has 2 rings (SSSR count). The summed E-state index contributed by atoms with van der Waals surface area (Å²) in [6.07, 6.45) is 5.75. The van der Waals surface area contributed by atoms with Gasteiger partial charge < -0.3 is 5.11 Å². The highest BCUT2D eigenvalue weighted by Crippen LogP contribution is 2.39. The lowest BCUT2D eigenvalue weighted by Gasteiger charge is -2.32. The van der Waals surface area contributed by atoms with Crippen LogP contribution in [0.3, 0.4) is 0 Å². The summed E-state index contributed by atoms with van der Waals surface area (Å²) in [4.78, 5) is 0. The van der Waals surface area contributed by atoms with Crippen molar-refractivity contribution < 1.29 is 5.11 Å². The van der Waals surface area contributed by atoms with Crippen molar-refractivity contribution in [2.24, 2.45) is 11.8 Å². The van der Waals surface area contributed by atoms with E-state index in [9.17, 15) is 5.11 Å². The van der Waals surface area contributed by atoms with Gasteiger partial charge in [-0.15, -0.1) is 0 Å². The van der Waals surface area contributed by atoms with Gasteiger partial charge in [-0.2, -0.15) is 0 Å². The molecule has 0 radical (unpaired) electrons. The fourth-order valence-corrected chi connectivity index (χ4v) is 3.48. The molecule has 18 heavy (non-hydrogen) atoms. The van der Waals surface area contributed by atoms with Crippen molar-refractivity contribution >= 4 is 34.2 Å². The molecule has 1 fully saturated rings. The lowest BCUT2D eigenvalue weighted by molar-refractivity contribution is 0.0678. The quantitative estimate of drug-likeness (QED) is 0.717. The second-order valence-electron chi connectivity index (χ2n) is 5.32. The van der Waals surface area contributed by atoms with Crippen molar-refractivity contribution in [3.8, 4) is 0 Å². The Morgan fingerprint density at radius 1 is 1.44 bits per heavy atom.